The van der Waals surface area contributed by atoms with Crippen LogP contribution in [0, 0.1) is 5.82 Å². The molecule has 2 N–H and O–H groups in total. The van der Waals surface area contributed by atoms with Gasteiger partial charge in [-0.15, -0.1) is 0 Å². The molecule has 2 aromatic rings. The first-order valence-corrected chi connectivity index (χ1v) is 11.5. The van der Waals surface area contributed by atoms with Crippen molar-refractivity contribution in [2.75, 3.05) is 49.7 Å². The van der Waals surface area contributed by atoms with E-state index in [0.29, 0.717) is 31.9 Å². The van der Waals surface area contributed by atoms with Crippen LogP contribution in [0.5, 0.6) is 5.75 Å². The van der Waals surface area contributed by atoms with E-state index >= 15 is 0 Å². The summed E-state index contributed by atoms with van der Waals surface area (Å²) in [6, 6.07) is 0.505. The molecule has 36 heavy (non-hydrogen) atoms. The van der Waals surface area contributed by atoms with Gasteiger partial charge in [0.2, 0.25) is 11.7 Å². The molecule has 10 nitrogen and oxygen atoms in total. The quantitative estimate of drug-likeness (QED) is 0.427. The van der Waals surface area contributed by atoms with Crippen molar-refractivity contribution in [1.29, 1.82) is 0 Å². The highest BCUT2D eigenvalue weighted by Crippen LogP contribution is 2.38. The van der Waals surface area contributed by atoms with Gasteiger partial charge in [0.25, 0.3) is 0 Å². The summed E-state index contributed by atoms with van der Waals surface area (Å²) in [5, 5.41) is 8.33. The molecule has 0 unspecified atom stereocenters. The monoisotopic (exact) mass is 514 g/mol. The highest BCUT2D eigenvalue weighted by molar-refractivity contribution is 5.76. The Labute approximate surface area is 203 Å². The molecule has 0 saturated carbocycles. The summed E-state index contributed by atoms with van der Waals surface area (Å²) >= 11 is 0. The van der Waals surface area contributed by atoms with E-state index in [0.717, 1.165) is 18.5 Å². The third kappa shape index (κ3) is 5.86. The fourth-order valence-electron chi connectivity index (χ4n) is 4.20. The van der Waals surface area contributed by atoms with Gasteiger partial charge in [0.05, 0.1) is 49.7 Å². The Morgan fingerprint density at radius 3 is 2.94 bits per heavy atom. The van der Waals surface area contributed by atoms with Crippen LogP contribution in [0.15, 0.2) is 23.3 Å². The molecule has 1 fully saturated rings. The number of ether oxygens (including phenoxy) is 2. The molecule has 0 bridgehead atoms. The maximum Gasteiger partial charge on any atom is 0.418 e. The largest absolute Gasteiger partial charge is 0.490 e. The second-order valence-corrected chi connectivity index (χ2v) is 8.66. The molecule has 4 heterocycles. The third-order valence-corrected chi connectivity index (χ3v) is 6.00. The Morgan fingerprint density at radius 1 is 1.36 bits per heavy atom. The number of hydrogen-bond donors (Lipinski definition) is 2. The minimum Gasteiger partial charge on any atom is -0.490 e. The number of rotatable bonds is 7. The maximum absolute atomic E-state index is 13.8. The number of halogens is 4. The minimum atomic E-state index is -4.51. The Hall–Kier alpha value is -3.42. The number of anilines is 2. The summed E-state index contributed by atoms with van der Waals surface area (Å²) in [6.07, 6.45) is -1.87. The van der Waals surface area contributed by atoms with Gasteiger partial charge in [0.1, 0.15) is 0 Å². The molecule has 2 aromatic heterocycles. The summed E-state index contributed by atoms with van der Waals surface area (Å²) in [5.74, 6) is -0.618. The number of alkyl halides is 3. The van der Waals surface area contributed by atoms with E-state index < -0.39 is 23.1 Å². The van der Waals surface area contributed by atoms with Gasteiger partial charge in [-0.1, -0.05) is 0 Å². The number of aromatic nitrogens is 3. The molecule has 0 spiro atoms. The Balaban J connectivity index is 1.25. The van der Waals surface area contributed by atoms with Crippen molar-refractivity contribution in [2.45, 2.75) is 38.0 Å². The lowest BCUT2D eigenvalue weighted by atomic mass is 10.1. The van der Waals surface area contributed by atoms with Gasteiger partial charge >= 0.3 is 11.7 Å². The van der Waals surface area contributed by atoms with Crippen LogP contribution in [0.2, 0.25) is 0 Å². The van der Waals surface area contributed by atoms with E-state index in [4.69, 9.17) is 9.47 Å². The standard InChI is InChI=1S/C22H26F4N6O4/c1-13(29-16-10-28-30-21(34)19(16)23)12-35-6-3-18(33)31-4-5-32-15(11-31)2-7-36-17-8-14(22(24,25)26)9-27-20(17)32/h8-10,13,15H,2-7,11-12H2,1H3,(H2,29,30,34)/t13-,15+/m0/s1. The van der Waals surface area contributed by atoms with Crippen molar-refractivity contribution in [3.63, 3.8) is 0 Å². The summed E-state index contributed by atoms with van der Waals surface area (Å²) in [6.45, 7) is 3.50. The van der Waals surface area contributed by atoms with Crippen molar-refractivity contribution in [3.8, 4) is 5.75 Å². The predicted octanol–water partition coefficient (Wildman–Crippen LogP) is 2.03. The summed E-state index contributed by atoms with van der Waals surface area (Å²) < 4.78 is 64.0. The van der Waals surface area contributed by atoms with Gasteiger partial charge in [-0.05, 0) is 13.0 Å². The summed E-state index contributed by atoms with van der Waals surface area (Å²) in [4.78, 5) is 31.6. The molecular weight excluding hydrogens is 488 g/mol. The van der Waals surface area contributed by atoms with Crippen molar-refractivity contribution in [3.05, 3.63) is 40.2 Å². The molecule has 0 aliphatic carbocycles. The van der Waals surface area contributed by atoms with Gasteiger partial charge < -0.3 is 24.6 Å². The van der Waals surface area contributed by atoms with E-state index in [-0.39, 0.29) is 55.7 Å². The predicted molar refractivity (Wildman–Crippen MR) is 120 cm³/mol. The average molecular weight is 514 g/mol. The number of H-pyrrole nitrogens is 1. The Bertz CT molecular complexity index is 1140. The SMILES string of the molecule is C[C@@H](COCCC(=O)N1CCN2c3ncc(C(F)(F)F)cc3OCC[C@@H]2C1)Nc1cn[nH]c(=O)c1F. The van der Waals surface area contributed by atoms with Crippen molar-refractivity contribution < 1.29 is 31.8 Å². The smallest absolute Gasteiger partial charge is 0.418 e. The lowest BCUT2D eigenvalue weighted by Crippen LogP contribution is -2.55. The first kappa shape index (κ1) is 25.7. The van der Waals surface area contributed by atoms with E-state index in [1.165, 1.54) is 0 Å². The van der Waals surface area contributed by atoms with Gasteiger partial charge in [-0.2, -0.15) is 22.7 Å². The number of carbonyl (C=O) groups excluding carboxylic acids is 1. The lowest BCUT2D eigenvalue weighted by molar-refractivity contribution is -0.138. The molecule has 2 aliphatic rings. The van der Waals surface area contributed by atoms with Crippen LogP contribution in [0.4, 0.5) is 29.1 Å². The van der Waals surface area contributed by atoms with Gasteiger partial charge in [-0.3, -0.25) is 9.59 Å². The number of fused-ring (bicyclic) bond motifs is 3. The van der Waals surface area contributed by atoms with Crippen LogP contribution in [0.3, 0.4) is 0 Å². The van der Waals surface area contributed by atoms with E-state index in [1.54, 1.807) is 11.8 Å². The number of aromatic amines is 1. The summed E-state index contributed by atoms with van der Waals surface area (Å²) in [7, 11) is 0. The number of nitrogens with one attached hydrogen (secondary N) is 2. The first-order chi connectivity index (χ1) is 17.1. The van der Waals surface area contributed by atoms with Crippen LogP contribution in [0.25, 0.3) is 0 Å². The second kappa shape index (κ2) is 10.7. The minimum absolute atomic E-state index is 0.0399. The number of piperazine rings is 1. The van der Waals surface area contributed by atoms with Crippen LogP contribution in [-0.4, -0.2) is 77.5 Å². The zero-order valence-corrected chi connectivity index (χ0v) is 19.5. The lowest BCUT2D eigenvalue weighted by Gasteiger charge is -2.41. The molecular formula is C22H26F4N6O4. The normalized spacial score (nSPS) is 18.5. The fraction of sp³-hybridized carbons (Fsp3) is 0.545. The molecule has 1 amide bonds. The van der Waals surface area contributed by atoms with E-state index in [1.807, 2.05) is 10.00 Å². The van der Waals surface area contributed by atoms with Gasteiger partial charge in [0, 0.05) is 38.3 Å². The second-order valence-electron chi connectivity index (χ2n) is 8.66. The molecule has 196 valence electrons. The number of hydrogen-bond acceptors (Lipinski definition) is 8. The van der Waals surface area contributed by atoms with Crippen molar-refractivity contribution in [2.24, 2.45) is 0 Å². The maximum atomic E-state index is 13.8. The van der Waals surface area contributed by atoms with Gasteiger partial charge in [-0.25, -0.2) is 10.1 Å². The zero-order valence-electron chi connectivity index (χ0n) is 19.5. The highest BCUT2D eigenvalue weighted by Gasteiger charge is 2.36. The van der Waals surface area contributed by atoms with E-state index in [9.17, 15) is 27.2 Å². The number of nitrogens with zero attached hydrogens (tertiary/aromatic N) is 4. The van der Waals surface area contributed by atoms with Crippen molar-refractivity contribution in [1.82, 2.24) is 20.1 Å². The van der Waals surface area contributed by atoms with Crippen LogP contribution >= 0.6 is 0 Å². The molecule has 0 aromatic carbocycles. The summed E-state index contributed by atoms with van der Waals surface area (Å²) in [5.41, 5.74) is -1.83. The molecule has 4 rings (SSSR count). The highest BCUT2D eigenvalue weighted by atomic mass is 19.4. The number of amides is 1. The average Bonchev–Trinajstić information content (AvgIpc) is 3.02. The molecule has 2 aliphatic heterocycles. The first-order valence-electron chi connectivity index (χ1n) is 11.5. The fourth-order valence-corrected chi connectivity index (χ4v) is 4.20. The topological polar surface area (TPSA) is 113 Å². The van der Waals surface area contributed by atoms with Gasteiger partial charge in [0.15, 0.2) is 11.6 Å². The third-order valence-electron chi connectivity index (χ3n) is 6.00. The molecule has 1 saturated heterocycles. The number of carbonyl (C=O) groups is 1. The molecule has 2 atom stereocenters. The van der Waals surface area contributed by atoms with Crippen LogP contribution in [-0.2, 0) is 15.7 Å². The Morgan fingerprint density at radius 2 is 2.17 bits per heavy atom. The molecule has 14 heteroatoms. The Kier molecular flexibility index (Phi) is 7.62. The van der Waals surface area contributed by atoms with Crippen LogP contribution < -0.4 is 20.5 Å². The van der Waals surface area contributed by atoms with E-state index in [2.05, 4.69) is 15.4 Å². The zero-order chi connectivity index (χ0) is 25.9. The number of pyridine rings is 1. The van der Waals surface area contributed by atoms with Crippen molar-refractivity contribution >= 4 is 17.4 Å². The molecule has 0 radical (unpaired) electrons. The van der Waals surface area contributed by atoms with Crippen LogP contribution in [0.1, 0.15) is 25.3 Å².